The summed E-state index contributed by atoms with van der Waals surface area (Å²) in [6.07, 6.45) is 6.21. The number of hydrogen-bond acceptors (Lipinski definition) is 3. The Kier molecular flexibility index (Phi) is 4.77. The first-order chi connectivity index (χ1) is 11.1. The second-order valence-electron chi connectivity index (χ2n) is 7.26. The maximum absolute atomic E-state index is 12.3. The van der Waals surface area contributed by atoms with Crippen molar-refractivity contribution in [3.63, 3.8) is 0 Å². The maximum Gasteiger partial charge on any atom is 0.306 e. The predicted molar refractivity (Wildman–Crippen MR) is 92.1 cm³/mol. The van der Waals surface area contributed by atoms with Crippen LogP contribution >= 0.6 is 0 Å². The molecule has 3 heteroatoms. The average molecular weight is 315 g/mol. The van der Waals surface area contributed by atoms with Gasteiger partial charge < -0.3 is 9.64 Å². The minimum atomic E-state index is -0.453. The Bertz CT molecular complexity index is 544. The molecule has 4 unspecified atom stereocenters. The summed E-state index contributed by atoms with van der Waals surface area (Å²) in [5.74, 6) is 0.324. The first-order valence-electron chi connectivity index (χ1n) is 9.07. The number of piperidine rings is 1. The van der Waals surface area contributed by atoms with Gasteiger partial charge in [-0.05, 0) is 32.4 Å². The molecule has 0 N–H and O–H groups in total. The van der Waals surface area contributed by atoms with Gasteiger partial charge in [-0.15, -0.1) is 0 Å². The molecule has 23 heavy (non-hydrogen) atoms. The van der Waals surface area contributed by atoms with E-state index in [1.165, 1.54) is 24.8 Å². The lowest BCUT2D eigenvalue weighted by atomic mass is 9.64. The standard InChI is InChI=1S/C20H29NO2/c1-4-19(22)23-20(16-10-6-5-7-11-16)14-15(2)21(3)18-13-9-8-12-17(18)20/h5-7,10-11,15,17-18H,4,8-9,12-14H2,1-3H3. The van der Waals surface area contributed by atoms with Gasteiger partial charge in [0.25, 0.3) is 0 Å². The smallest absolute Gasteiger partial charge is 0.306 e. The van der Waals surface area contributed by atoms with Crippen molar-refractivity contribution in [1.82, 2.24) is 4.90 Å². The first kappa shape index (κ1) is 16.5. The zero-order chi connectivity index (χ0) is 16.4. The monoisotopic (exact) mass is 315 g/mol. The largest absolute Gasteiger partial charge is 0.454 e. The van der Waals surface area contributed by atoms with Crippen LogP contribution in [0.3, 0.4) is 0 Å². The Morgan fingerprint density at radius 1 is 1.26 bits per heavy atom. The third-order valence-corrected chi connectivity index (χ3v) is 5.99. The third kappa shape index (κ3) is 2.91. The van der Waals surface area contributed by atoms with Crippen molar-refractivity contribution in [3.8, 4) is 0 Å². The average Bonchev–Trinajstić information content (AvgIpc) is 2.60. The highest BCUT2D eigenvalue weighted by molar-refractivity contribution is 5.69. The number of benzene rings is 1. The Morgan fingerprint density at radius 3 is 2.65 bits per heavy atom. The number of nitrogens with zero attached hydrogens (tertiary/aromatic N) is 1. The molecule has 1 aromatic rings. The van der Waals surface area contributed by atoms with Gasteiger partial charge in [-0.2, -0.15) is 0 Å². The van der Waals surface area contributed by atoms with E-state index in [0.29, 0.717) is 24.4 Å². The van der Waals surface area contributed by atoms with Crippen molar-refractivity contribution in [2.45, 2.75) is 70.1 Å². The fourth-order valence-electron chi connectivity index (χ4n) is 4.71. The van der Waals surface area contributed by atoms with E-state index < -0.39 is 5.60 Å². The SMILES string of the molecule is CCC(=O)OC1(c2ccccc2)CC(C)N(C)C2CCCCC21. The number of rotatable bonds is 3. The zero-order valence-corrected chi connectivity index (χ0v) is 14.6. The van der Waals surface area contributed by atoms with Crippen LogP contribution in [-0.4, -0.2) is 30.0 Å². The van der Waals surface area contributed by atoms with Gasteiger partial charge in [0, 0.05) is 30.8 Å². The third-order valence-electron chi connectivity index (χ3n) is 5.99. The lowest BCUT2D eigenvalue weighted by Gasteiger charge is -2.55. The summed E-state index contributed by atoms with van der Waals surface area (Å²) in [4.78, 5) is 14.8. The van der Waals surface area contributed by atoms with Crippen molar-refractivity contribution in [2.24, 2.45) is 5.92 Å². The number of ether oxygens (including phenoxy) is 1. The molecule has 2 aliphatic rings. The summed E-state index contributed by atoms with van der Waals surface area (Å²) in [5.41, 5.74) is 0.726. The van der Waals surface area contributed by atoms with E-state index in [1.807, 2.05) is 13.0 Å². The molecule has 0 aromatic heterocycles. The van der Waals surface area contributed by atoms with Crippen LogP contribution in [0.1, 0.15) is 57.9 Å². The highest BCUT2D eigenvalue weighted by Gasteiger charge is 2.53. The van der Waals surface area contributed by atoms with Gasteiger partial charge in [0.1, 0.15) is 5.60 Å². The second-order valence-corrected chi connectivity index (χ2v) is 7.26. The molecular weight excluding hydrogens is 286 g/mol. The molecule has 3 rings (SSSR count). The van der Waals surface area contributed by atoms with Crippen molar-refractivity contribution in [3.05, 3.63) is 35.9 Å². The van der Waals surface area contributed by atoms with E-state index in [4.69, 9.17) is 4.74 Å². The molecule has 0 amide bonds. The Hall–Kier alpha value is -1.35. The fraction of sp³-hybridized carbons (Fsp3) is 0.650. The van der Waals surface area contributed by atoms with Crippen LogP contribution in [-0.2, 0) is 15.1 Å². The van der Waals surface area contributed by atoms with Gasteiger partial charge in [0.2, 0.25) is 0 Å². The summed E-state index contributed by atoms with van der Waals surface area (Å²) in [6.45, 7) is 4.15. The van der Waals surface area contributed by atoms with E-state index >= 15 is 0 Å². The Balaban J connectivity index is 2.07. The maximum atomic E-state index is 12.3. The summed E-state index contributed by atoms with van der Waals surface area (Å²) < 4.78 is 6.24. The van der Waals surface area contributed by atoms with Gasteiger partial charge in [0.15, 0.2) is 0 Å². The summed E-state index contributed by atoms with van der Waals surface area (Å²) in [7, 11) is 2.24. The molecule has 1 saturated carbocycles. The molecule has 1 heterocycles. The number of hydrogen-bond donors (Lipinski definition) is 0. The Labute approximate surface area is 140 Å². The van der Waals surface area contributed by atoms with Gasteiger partial charge in [-0.3, -0.25) is 4.79 Å². The number of likely N-dealkylation sites (tertiary alicyclic amines) is 1. The molecule has 1 aliphatic heterocycles. The summed E-state index contributed by atoms with van der Waals surface area (Å²) in [5, 5.41) is 0. The molecule has 126 valence electrons. The van der Waals surface area contributed by atoms with Crippen molar-refractivity contribution in [1.29, 1.82) is 0 Å². The van der Waals surface area contributed by atoms with E-state index in [9.17, 15) is 4.79 Å². The van der Waals surface area contributed by atoms with E-state index in [2.05, 4.69) is 43.1 Å². The lowest BCUT2D eigenvalue weighted by molar-refractivity contribution is -0.190. The molecule has 0 bridgehead atoms. The van der Waals surface area contributed by atoms with Gasteiger partial charge in [-0.25, -0.2) is 0 Å². The van der Waals surface area contributed by atoms with Gasteiger partial charge in [0.05, 0.1) is 0 Å². The topological polar surface area (TPSA) is 29.5 Å². The molecule has 0 radical (unpaired) electrons. The van der Waals surface area contributed by atoms with Crippen LogP contribution in [0.4, 0.5) is 0 Å². The first-order valence-corrected chi connectivity index (χ1v) is 9.07. The van der Waals surface area contributed by atoms with Crippen molar-refractivity contribution >= 4 is 5.97 Å². The van der Waals surface area contributed by atoms with Gasteiger partial charge in [-0.1, -0.05) is 50.1 Å². The molecule has 1 saturated heterocycles. The van der Waals surface area contributed by atoms with Crippen molar-refractivity contribution < 1.29 is 9.53 Å². The molecule has 1 aliphatic carbocycles. The second kappa shape index (κ2) is 6.64. The minimum Gasteiger partial charge on any atom is -0.454 e. The number of carbonyl (C=O) groups is 1. The molecule has 1 aromatic carbocycles. The van der Waals surface area contributed by atoms with Gasteiger partial charge >= 0.3 is 5.97 Å². The molecular formula is C20H29NO2. The lowest BCUT2D eigenvalue weighted by Crippen LogP contribution is -2.60. The summed E-state index contributed by atoms with van der Waals surface area (Å²) in [6, 6.07) is 11.4. The molecule has 4 atom stereocenters. The van der Waals surface area contributed by atoms with E-state index in [1.54, 1.807) is 0 Å². The van der Waals surface area contributed by atoms with Crippen LogP contribution in [0.5, 0.6) is 0 Å². The number of esters is 1. The fourth-order valence-corrected chi connectivity index (χ4v) is 4.71. The summed E-state index contributed by atoms with van der Waals surface area (Å²) >= 11 is 0. The zero-order valence-electron chi connectivity index (χ0n) is 14.6. The molecule has 3 nitrogen and oxygen atoms in total. The molecule has 2 fully saturated rings. The van der Waals surface area contributed by atoms with Crippen LogP contribution < -0.4 is 0 Å². The van der Waals surface area contributed by atoms with E-state index in [0.717, 1.165) is 12.8 Å². The van der Waals surface area contributed by atoms with Crippen LogP contribution in [0, 0.1) is 5.92 Å². The van der Waals surface area contributed by atoms with Crippen LogP contribution in [0.15, 0.2) is 30.3 Å². The normalized spacial score (nSPS) is 34.7. The van der Waals surface area contributed by atoms with E-state index in [-0.39, 0.29) is 5.97 Å². The minimum absolute atomic E-state index is 0.0741. The predicted octanol–water partition coefficient (Wildman–Crippen LogP) is 4.12. The highest BCUT2D eigenvalue weighted by atomic mass is 16.6. The highest BCUT2D eigenvalue weighted by Crippen LogP contribution is 2.50. The van der Waals surface area contributed by atoms with Crippen LogP contribution in [0.2, 0.25) is 0 Å². The van der Waals surface area contributed by atoms with Crippen LogP contribution in [0.25, 0.3) is 0 Å². The van der Waals surface area contributed by atoms with Crippen molar-refractivity contribution in [2.75, 3.05) is 7.05 Å². The number of fused-ring (bicyclic) bond motifs is 1. The quantitative estimate of drug-likeness (QED) is 0.786. The number of carbonyl (C=O) groups excluding carboxylic acids is 1. The Morgan fingerprint density at radius 2 is 1.96 bits per heavy atom. The molecule has 0 spiro atoms.